The molecule has 0 bridgehead atoms. The Morgan fingerprint density at radius 3 is 2.14 bits per heavy atom. The van der Waals surface area contributed by atoms with Gasteiger partial charge in [-0.3, -0.25) is 24.5 Å². The maximum atomic E-state index is 12.9. The molecule has 1 fully saturated rings. The minimum atomic E-state index is -0.831. The third-order valence-electron chi connectivity index (χ3n) is 6.85. The third kappa shape index (κ3) is 6.04. The van der Waals surface area contributed by atoms with Crippen molar-refractivity contribution in [1.82, 2.24) is 19.5 Å². The molecular weight excluding hydrogens is 554 g/mol. The van der Waals surface area contributed by atoms with Crippen LogP contribution in [0.2, 0.25) is 0 Å². The second-order valence-corrected chi connectivity index (χ2v) is 9.70. The van der Waals surface area contributed by atoms with Crippen molar-refractivity contribution in [3.05, 3.63) is 124 Å². The van der Waals surface area contributed by atoms with Crippen LogP contribution in [0.15, 0.2) is 102 Å². The zero-order valence-electron chi connectivity index (χ0n) is 22.6. The van der Waals surface area contributed by atoms with Crippen LogP contribution in [-0.4, -0.2) is 56.2 Å². The lowest BCUT2D eigenvalue weighted by Gasteiger charge is -2.19. The highest BCUT2D eigenvalue weighted by Gasteiger charge is 2.41. The summed E-state index contributed by atoms with van der Waals surface area (Å²) >= 11 is 0. The van der Waals surface area contributed by atoms with Crippen LogP contribution >= 0.6 is 0 Å². The van der Waals surface area contributed by atoms with Crippen LogP contribution in [0, 0.1) is 0 Å². The van der Waals surface area contributed by atoms with Crippen LogP contribution in [0.4, 0.5) is 5.95 Å². The van der Waals surface area contributed by atoms with Gasteiger partial charge in [0.05, 0.1) is 17.5 Å². The lowest BCUT2D eigenvalue weighted by Crippen LogP contribution is -2.32. The van der Waals surface area contributed by atoms with E-state index in [4.69, 9.17) is 14.2 Å². The van der Waals surface area contributed by atoms with Gasteiger partial charge in [-0.25, -0.2) is 14.6 Å². The van der Waals surface area contributed by atoms with Gasteiger partial charge < -0.3 is 14.2 Å². The fourth-order valence-electron chi connectivity index (χ4n) is 4.71. The first-order valence-corrected chi connectivity index (χ1v) is 13.4. The van der Waals surface area contributed by atoms with Crippen molar-refractivity contribution in [2.45, 2.75) is 24.9 Å². The highest BCUT2D eigenvalue weighted by molar-refractivity contribution is 6.03. The van der Waals surface area contributed by atoms with Crippen molar-refractivity contribution in [2.24, 2.45) is 0 Å². The average molecular weight is 580 g/mol. The predicted molar refractivity (Wildman–Crippen MR) is 153 cm³/mol. The van der Waals surface area contributed by atoms with Crippen LogP contribution in [0.1, 0.15) is 43.7 Å². The van der Waals surface area contributed by atoms with Gasteiger partial charge in [0.1, 0.15) is 25.0 Å². The second-order valence-electron chi connectivity index (χ2n) is 9.70. The minimum Gasteiger partial charge on any atom is -0.459 e. The van der Waals surface area contributed by atoms with E-state index in [0.717, 1.165) is 0 Å². The van der Waals surface area contributed by atoms with Crippen molar-refractivity contribution in [3.63, 3.8) is 0 Å². The summed E-state index contributed by atoms with van der Waals surface area (Å²) in [6, 6.07) is 25.4. The zero-order chi connectivity index (χ0) is 29.8. The van der Waals surface area contributed by atoms with Gasteiger partial charge in [0, 0.05) is 12.0 Å². The molecule has 3 heterocycles. The van der Waals surface area contributed by atoms with E-state index in [1.165, 1.54) is 10.9 Å². The molecule has 6 rings (SSSR count). The number of aromatic amines is 1. The number of benzene rings is 3. The molecule has 12 heteroatoms. The number of imidazole rings is 1. The van der Waals surface area contributed by atoms with E-state index in [1.807, 2.05) is 0 Å². The molecule has 3 aromatic carbocycles. The molecule has 0 aliphatic carbocycles. The average Bonchev–Trinajstić information content (AvgIpc) is 3.65. The number of nitrogens with one attached hydrogen (secondary N) is 2. The number of carbonyl (C=O) groups is 3. The molecule has 1 saturated heterocycles. The number of fused-ring (bicyclic) bond motifs is 1. The normalized spacial score (nSPS) is 17.8. The topological polar surface area (TPSA) is 155 Å². The molecular formula is C31H25N5O7. The Balaban J connectivity index is 1.25. The summed E-state index contributed by atoms with van der Waals surface area (Å²) in [5, 5.41) is 2.59. The van der Waals surface area contributed by atoms with E-state index >= 15 is 0 Å². The fraction of sp³-hybridized carbons (Fsp3) is 0.161. The molecule has 0 unspecified atom stereocenters. The Hall–Kier alpha value is -5.62. The molecule has 0 saturated carbocycles. The SMILES string of the molecule is O=C(Nc1nc2c(ncn2[C@@H]2C[C@@H](OC(=O)c3ccccc3)[C@H](COC(=O)c3ccccc3)O2)c(=O)[nH]1)c1ccccc1. The van der Waals surface area contributed by atoms with Gasteiger partial charge in [-0.1, -0.05) is 54.6 Å². The Bertz CT molecular complexity index is 1820. The fourth-order valence-corrected chi connectivity index (χ4v) is 4.71. The van der Waals surface area contributed by atoms with Gasteiger partial charge in [-0.15, -0.1) is 0 Å². The quantitative estimate of drug-likeness (QED) is 0.262. The summed E-state index contributed by atoms with van der Waals surface area (Å²) in [7, 11) is 0. The Labute approximate surface area is 244 Å². The summed E-state index contributed by atoms with van der Waals surface area (Å²) in [5.74, 6) is -1.66. The Morgan fingerprint density at radius 1 is 0.884 bits per heavy atom. The summed E-state index contributed by atoms with van der Waals surface area (Å²) in [6.45, 7) is -0.198. The number of esters is 2. The molecule has 43 heavy (non-hydrogen) atoms. The molecule has 1 aliphatic rings. The van der Waals surface area contributed by atoms with Gasteiger partial charge in [-0.2, -0.15) is 4.98 Å². The van der Waals surface area contributed by atoms with Crippen molar-refractivity contribution in [3.8, 4) is 0 Å². The van der Waals surface area contributed by atoms with Crippen LogP contribution < -0.4 is 10.9 Å². The molecule has 1 aliphatic heterocycles. The van der Waals surface area contributed by atoms with Gasteiger partial charge in [0.25, 0.3) is 11.5 Å². The Kier molecular flexibility index (Phi) is 7.74. The van der Waals surface area contributed by atoms with Crippen molar-refractivity contribution in [1.29, 1.82) is 0 Å². The summed E-state index contributed by atoms with van der Waals surface area (Å²) < 4.78 is 19.0. The van der Waals surface area contributed by atoms with Crippen molar-refractivity contribution >= 4 is 35.0 Å². The van der Waals surface area contributed by atoms with Crippen LogP contribution in [0.25, 0.3) is 11.2 Å². The largest absolute Gasteiger partial charge is 0.459 e. The van der Waals surface area contributed by atoms with Gasteiger partial charge >= 0.3 is 11.9 Å². The number of rotatable bonds is 8. The summed E-state index contributed by atoms with van der Waals surface area (Å²) in [6.07, 6.45) is -0.891. The number of carbonyl (C=O) groups excluding carboxylic acids is 3. The van der Waals surface area contributed by atoms with Gasteiger partial charge in [0.15, 0.2) is 11.2 Å². The van der Waals surface area contributed by atoms with Crippen molar-refractivity contribution < 1.29 is 28.6 Å². The molecule has 0 spiro atoms. The number of H-pyrrole nitrogens is 1. The Morgan fingerprint density at radius 2 is 1.49 bits per heavy atom. The third-order valence-corrected chi connectivity index (χ3v) is 6.85. The maximum Gasteiger partial charge on any atom is 0.338 e. The summed E-state index contributed by atoms with van der Waals surface area (Å²) in [4.78, 5) is 62.1. The second kappa shape index (κ2) is 12.1. The summed E-state index contributed by atoms with van der Waals surface area (Å²) in [5.41, 5.74) is 0.708. The van der Waals surface area contributed by atoms with E-state index in [1.54, 1.807) is 91.0 Å². The van der Waals surface area contributed by atoms with Crippen LogP contribution in [-0.2, 0) is 14.2 Å². The molecule has 2 N–H and O–H groups in total. The standard InChI is InChI=1S/C31H25N5O7/c37-27(19-10-4-1-5-11-19)34-31-33-26-25(28(38)35-31)32-18-36(26)24-16-22(43-30(40)21-14-8-3-9-15-21)23(42-24)17-41-29(39)20-12-6-2-7-13-20/h1-15,18,22-24H,16-17H2,(H2,33,34,35,37,38)/t22-,23+,24+/m1/s1. The first kappa shape index (κ1) is 27.5. The van der Waals surface area contributed by atoms with Gasteiger partial charge in [0.2, 0.25) is 5.95 Å². The van der Waals surface area contributed by atoms with E-state index in [9.17, 15) is 19.2 Å². The molecule has 0 radical (unpaired) electrons. The lowest BCUT2D eigenvalue weighted by molar-refractivity contribution is -0.0563. The van der Waals surface area contributed by atoms with E-state index in [2.05, 4.69) is 20.3 Å². The molecule has 1 amide bonds. The smallest absolute Gasteiger partial charge is 0.338 e. The van der Waals surface area contributed by atoms with Crippen LogP contribution in [0.3, 0.4) is 0 Å². The number of amides is 1. The van der Waals surface area contributed by atoms with E-state index in [0.29, 0.717) is 16.7 Å². The number of ether oxygens (including phenoxy) is 3. The predicted octanol–water partition coefficient (Wildman–Crippen LogP) is 3.74. The first-order chi connectivity index (χ1) is 21.0. The number of hydrogen-bond donors (Lipinski definition) is 2. The van der Waals surface area contributed by atoms with Crippen LogP contribution in [0.5, 0.6) is 0 Å². The molecule has 12 nitrogen and oxygen atoms in total. The van der Waals surface area contributed by atoms with Gasteiger partial charge in [-0.05, 0) is 36.4 Å². The lowest BCUT2D eigenvalue weighted by atomic mass is 10.1. The minimum absolute atomic E-state index is 0.0260. The van der Waals surface area contributed by atoms with Crippen molar-refractivity contribution in [2.75, 3.05) is 11.9 Å². The highest BCUT2D eigenvalue weighted by atomic mass is 16.6. The maximum absolute atomic E-state index is 12.9. The number of nitrogens with zero attached hydrogens (tertiary/aromatic N) is 3. The number of aromatic nitrogens is 4. The zero-order valence-corrected chi connectivity index (χ0v) is 22.6. The number of hydrogen-bond acceptors (Lipinski definition) is 9. The molecule has 216 valence electrons. The highest BCUT2D eigenvalue weighted by Crippen LogP contribution is 2.33. The molecule has 5 aromatic rings. The number of anilines is 1. The first-order valence-electron chi connectivity index (χ1n) is 13.4. The molecule has 3 atom stereocenters. The monoisotopic (exact) mass is 579 g/mol. The van der Waals surface area contributed by atoms with E-state index < -0.39 is 41.8 Å². The van der Waals surface area contributed by atoms with E-state index in [-0.39, 0.29) is 30.1 Å². The molecule has 2 aromatic heterocycles.